The average molecular weight is 250 g/mol. The van der Waals surface area contributed by atoms with Gasteiger partial charge in [0.2, 0.25) is 5.95 Å². The van der Waals surface area contributed by atoms with Crippen molar-refractivity contribution in [2.45, 2.75) is 13.0 Å². The predicted octanol–water partition coefficient (Wildman–Crippen LogP) is 0.487. The lowest BCUT2D eigenvalue weighted by Crippen LogP contribution is -2.34. The van der Waals surface area contributed by atoms with E-state index >= 15 is 0 Å². The van der Waals surface area contributed by atoms with E-state index in [-0.39, 0.29) is 0 Å². The number of aromatic nitrogens is 2. The Bertz CT molecular complexity index is 419. The summed E-state index contributed by atoms with van der Waals surface area (Å²) >= 11 is 0. The zero-order chi connectivity index (χ0) is 13.3. The van der Waals surface area contributed by atoms with Crippen molar-refractivity contribution in [3.63, 3.8) is 0 Å². The van der Waals surface area contributed by atoms with Gasteiger partial charge >= 0.3 is 0 Å². The molecule has 0 amide bonds. The first-order valence-corrected chi connectivity index (χ1v) is 6.25. The standard InChI is InChI=1S/C12H22N6/c1-8-6-18(7-9(8)17(3)4)11-5-10(14-2)15-12(13)16-11/h5,8-9H,6-7H2,1-4H3,(H3,13,14,15,16). The number of rotatable bonds is 3. The Morgan fingerprint density at radius 2 is 2.11 bits per heavy atom. The van der Waals surface area contributed by atoms with Crippen molar-refractivity contribution in [3.05, 3.63) is 6.07 Å². The van der Waals surface area contributed by atoms with E-state index in [0.717, 1.165) is 24.7 Å². The van der Waals surface area contributed by atoms with E-state index in [4.69, 9.17) is 5.73 Å². The molecule has 2 heterocycles. The van der Waals surface area contributed by atoms with Crippen molar-refractivity contribution in [2.24, 2.45) is 5.92 Å². The van der Waals surface area contributed by atoms with Crippen LogP contribution in [0.5, 0.6) is 0 Å². The van der Waals surface area contributed by atoms with Crippen molar-refractivity contribution < 1.29 is 0 Å². The lowest BCUT2D eigenvalue weighted by molar-refractivity contribution is 0.266. The molecule has 1 aliphatic heterocycles. The second kappa shape index (κ2) is 4.97. The molecule has 2 atom stereocenters. The van der Waals surface area contributed by atoms with Crippen molar-refractivity contribution in [1.82, 2.24) is 14.9 Å². The van der Waals surface area contributed by atoms with Gasteiger partial charge in [0.15, 0.2) is 0 Å². The van der Waals surface area contributed by atoms with Gasteiger partial charge < -0.3 is 20.9 Å². The Balaban J connectivity index is 2.20. The summed E-state index contributed by atoms with van der Waals surface area (Å²) in [6.07, 6.45) is 0. The summed E-state index contributed by atoms with van der Waals surface area (Å²) in [4.78, 5) is 13.0. The van der Waals surface area contributed by atoms with Gasteiger partial charge in [-0.2, -0.15) is 9.97 Å². The van der Waals surface area contributed by atoms with Gasteiger partial charge in [0, 0.05) is 32.2 Å². The topological polar surface area (TPSA) is 70.3 Å². The second-order valence-corrected chi connectivity index (χ2v) is 5.13. The molecule has 100 valence electrons. The Kier molecular flexibility index (Phi) is 3.56. The zero-order valence-corrected chi connectivity index (χ0v) is 11.5. The van der Waals surface area contributed by atoms with E-state index in [1.165, 1.54) is 0 Å². The van der Waals surface area contributed by atoms with Crippen molar-refractivity contribution in [3.8, 4) is 0 Å². The molecule has 1 aliphatic rings. The molecule has 1 aromatic heterocycles. The van der Waals surface area contributed by atoms with Crippen molar-refractivity contribution in [2.75, 3.05) is 50.2 Å². The van der Waals surface area contributed by atoms with Crippen LogP contribution in [-0.4, -0.2) is 55.1 Å². The summed E-state index contributed by atoms with van der Waals surface area (Å²) < 4.78 is 0. The molecule has 6 heteroatoms. The van der Waals surface area contributed by atoms with Crippen molar-refractivity contribution >= 4 is 17.6 Å². The molecule has 0 aromatic carbocycles. The number of anilines is 3. The molecule has 0 bridgehead atoms. The van der Waals surface area contributed by atoms with Gasteiger partial charge in [0.1, 0.15) is 11.6 Å². The first-order chi connectivity index (χ1) is 8.51. The van der Waals surface area contributed by atoms with Gasteiger partial charge in [-0.1, -0.05) is 6.92 Å². The molecule has 2 rings (SSSR count). The van der Waals surface area contributed by atoms with E-state index < -0.39 is 0 Å². The number of nitrogen functional groups attached to an aromatic ring is 1. The highest BCUT2D eigenvalue weighted by atomic mass is 15.3. The third kappa shape index (κ3) is 2.48. The van der Waals surface area contributed by atoms with Gasteiger partial charge in [0.05, 0.1) is 0 Å². The van der Waals surface area contributed by atoms with Crippen LogP contribution < -0.4 is 16.0 Å². The number of hydrogen-bond acceptors (Lipinski definition) is 6. The fourth-order valence-corrected chi connectivity index (χ4v) is 2.55. The third-order valence-electron chi connectivity index (χ3n) is 3.55. The van der Waals surface area contributed by atoms with E-state index in [0.29, 0.717) is 17.9 Å². The lowest BCUT2D eigenvalue weighted by Gasteiger charge is -2.22. The molecule has 3 N–H and O–H groups in total. The molecular formula is C12H22N6. The maximum atomic E-state index is 5.73. The maximum Gasteiger partial charge on any atom is 0.223 e. The average Bonchev–Trinajstić information content (AvgIpc) is 2.70. The molecule has 0 spiro atoms. The zero-order valence-electron chi connectivity index (χ0n) is 11.5. The second-order valence-electron chi connectivity index (χ2n) is 5.13. The predicted molar refractivity (Wildman–Crippen MR) is 74.8 cm³/mol. The SMILES string of the molecule is CNc1cc(N2CC(C)C(N(C)C)C2)nc(N)n1. The summed E-state index contributed by atoms with van der Waals surface area (Å²) in [6, 6.07) is 2.50. The Hall–Kier alpha value is -1.56. The molecular weight excluding hydrogens is 228 g/mol. The summed E-state index contributed by atoms with van der Waals surface area (Å²) in [7, 11) is 6.08. The number of likely N-dealkylation sites (N-methyl/N-ethyl adjacent to an activating group) is 1. The van der Waals surface area contributed by atoms with Gasteiger partial charge in [-0.05, 0) is 20.0 Å². The molecule has 18 heavy (non-hydrogen) atoms. The number of nitrogens with two attached hydrogens (primary N) is 1. The fourth-order valence-electron chi connectivity index (χ4n) is 2.55. The smallest absolute Gasteiger partial charge is 0.223 e. The molecule has 6 nitrogen and oxygen atoms in total. The molecule has 1 saturated heterocycles. The van der Waals surface area contributed by atoms with E-state index in [2.05, 4.69) is 46.1 Å². The monoisotopic (exact) mass is 250 g/mol. The normalized spacial score (nSPS) is 23.7. The van der Waals surface area contributed by atoms with E-state index in [1.807, 2.05) is 13.1 Å². The highest BCUT2D eigenvalue weighted by molar-refractivity contribution is 5.53. The van der Waals surface area contributed by atoms with Crippen LogP contribution in [0.1, 0.15) is 6.92 Å². The van der Waals surface area contributed by atoms with Crippen LogP contribution >= 0.6 is 0 Å². The minimum absolute atomic E-state index is 0.317. The molecule has 1 fully saturated rings. The van der Waals surface area contributed by atoms with Gasteiger partial charge in [-0.15, -0.1) is 0 Å². The summed E-state index contributed by atoms with van der Waals surface area (Å²) in [5.41, 5.74) is 5.73. The van der Waals surface area contributed by atoms with Gasteiger partial charge in [-0.3, -0.25) is 0 Å². The Morgan fingerprint density at radius 3 is 2.67 bits per heavy atom. The minimum atomic E-state index is 0.317. The molecule has 2 unspecified atom stereocenters. The van der Waals surface area contributed by atoms with Crippen LogP contribution in [0.15, 0.2) is 6.07 Å². The minimum Gasteiger partial charge on any atom is -0.373 e. The van der Waals surface area contributed by atoms with Crippen LogP contribution in [-0.2, 0) is 0 Å². The Morgan fingerprint density at radius 1 is 1.39 bits per heavy atom. The Labute approximate surface area is 108 Å². The van der Waals surface area contributed by atoms with Crippen LogP contribution in [0, 0.1) is 5.92 Å². The highest BCUT2D eigenvalue weighted by Crippen LogP contribution is 2.26. The summed E-state index contributed by atoms with van der Waals surface area (Å²) in [5.74, 6) is 2.61. The van der Waals surface area contributed by atoms with Crippen LogP contribution in [0.2, 0.25) is 0 Å². The largest absolute Gasteiger partial charge is 0.373 e. The quantitative estimate of drug-likeness (QED) is 0.813. The van der Waals surface area contributed by atoms with E-state index in [9.17, 15) is 0 Å². The van der Waals surface area contributed by atoms with Crippen molar-refractivity contribution in [1.29, 1.82) is 0 Å². The third-order valence-corrected chi connectivity index (χ3v) is 3.55. The highest BCUT2D eigenvalue weighted by Gasteiger charge is 2.31. The lowest BCUT2D eigenvalue weighted by atomic mass is 10.1. The number of nitrogens with one attached hydrogen (secondary N) is 1. The van der Waals surface area contributed by atoms with Gasteiger partial charge in [-0.25, -0.2) is 0 Å². The first-order valence-electron chi connectivity index (χ1n) is 6.25. The first kappa shape index (κ1) is 12.9. The van der Waals surface area contributed by atoms with Crippen LogP contribution in [0.3, 0.4) is 0 Å². The fraction of sp³-hybridized carbons (Fsp3) is 0.667. The van der Waals surface area contributed by atoms with Crippen LogP contribution in [0.25, 0.3) is 0 Å². The molecule has 0 aliphatic carbocycles. The van der Waals surface area contributed by atoms with E-state index in [1.54, 1.807) is 0 Å². The summed E-state index contributed by atoms with van der Waals surface area (Å²) in [6.45, 7) is 4.25. The van der Waals surface area contributed by atoms with Gasteiger partial charge in [0.25, 0.3) is 0 Å². The molecule has 0 radical (unpaired) electrons. The molecule has 0 saturated carbocycles. The number of hydrogen-bond donors (Lipinski definition) is 2. The van der Waals surface area contributed by atoms with Crippen LogP contribution in [0.4, 0.5) is 17.6 Å². The maximum absolute atomic E-state index is 5.73. The molecule has 1 aromatic rings. The number of nitrogens with zero attached hydrogens (tertiary/aromatic N) is 4. The summed E-state index contributed by atoms with van der Waals surface area (Å²) in [5, 5.41) is 3.01.